The number of aliphatic hydroxyl groups excluding tert-OH is 2. The number of aromatic amines is 1. The normalized spacial score (nSPS) is 30.4. The van der Waals surface area contributed by atoms with Crippen LogP contribution in [0.5, 0.6) is 0 Å². The second-order valence-corrected chi connectivity index (χ2v) is 4.00. The molecule has 0 saturated carbocycles. The Hall–Kier alpha value is -2.17. The lowest BCUT2D eigenvalue weighted by molar-refractivity contribution is -0.155. The quantitative estimate of drug-likeness (QED) is 0.375. The maximum atomic E-state index is 11.6. The number of ether oxygens (including phenoxy) is 1. The molecular weight excluding hydrogens is 262 g/mol. The zero-order valence-electron chi connectivity index (χ0n) is 9.39. The van der Waals surface area contributed by atoms with Crippen molar-refractivity contribution in [3.8, 4) is 0 Å². The number of nitrogen functional groups attached to an aromatic ring is 1. The van der Waals surface area contributed by atoms with E-state index < -0.39 is 41.8 Å². The molecule has 1 saturated heterocycles. The van der Waals surface area contributed by atoms with Crippen LogP contribution in [0.25, 0.3) is 0 Å². The molecule has 104 valence electrons. The molecule has 0 radical (unpaired) electrons. The number of hydrogen-bond donors (Lipinski definition) is 5. The lowest BCUT2D eigenvalue weighted by atomic mass is 10.1. The molecule has 1 aromatic heterocycles. The van der Waals surface area contributed by atoms with Crippen LogP contribution in [-0.4, -0.2) is 49.2 Å². The molecular formula is C9H11N3O7. The first kappa shape index (κ1) is 13.3. The van der Waals surface area contributed by atoms with Crippen LogP contribution in [0.2, 0.25) is 0 Å². The van der Waals surface area contributed by atoms with Crippen molar-refractivity contribution in [2.45, 2.75) is 24.5 Å². The minimum Gasteiger partial charge on any atom is -0.479 e. The molecule has 0 spiro atoms. The molecule has 0 aromatic carbocycles. The van der Waals surface area contributed by atoms with Crippen LogP contribution < -0.4 is 17.0 Å². The summed E-state index contributed by atoms with van der Waals surface area (Å²) < 4.78 is 5.56. The molecule has 2 heterocycles. The Bertz CT molecular complexity index is 621. The number of aliphatic carboxylic acids is 1. The number of nitrogens with two attached hydrogens (primary N) is 1. The second kappa shape index (κ2) is 4.50. The van der Waals surface area contributed by atoms with Crippen molar-refractivity contribution in [1.82, 2.24) is 9.55 Å². The average molecular weight is 273 g/mol. The van der Waals surface area contributed by atoms with E-state index in [0.29, 0.717) is 4.57 Å². The molecule has 2 rings (SSSR count). The Kier molecular flexibility index (Phi) is 3.14. The van der Waals surface area contributed by atoms with Crippen LogP contribution >= 0.6 is 0 Å². The van der Waals surface area contributed by atoms with Gasteiger partial charge in [0.25, 0.3) is 5.56 Å². The van der Waals surface area contributed by atoms with E-state index in [4.69, 9.17) is 15.6 Å². The first-order valence-electron chi connectivity index (χ1n) is 5.18. The van der Waals surface area contributed by atoms with Crippen LogP contribution in [-0.2, 0) is 9.53 Å². The Balaban J connectivity index is 2.47. The van der Waals surface area contributed by atoms with Gasteiger partial charge in [-0.1, -0.05) is 0 Å². The Labute approximate surface area is 104 Å². The number of aromatic nitrogens is 2. The SMILES string of the molecule is Nc1cc(=O)[nH]c(=O)n1[C@@H]1O[C@H](C(=O)O)[C@@H](O)[C@H]1O. The monoisotopic (exact) mass is 273 g/mol. The summed E-state index contributed by atoms with van der Waals surface area (Å²) in [6, 6.07) is 0.873. The number of carboxylic acid groups (broad SMARTS) is 1. The highest BCUT2D eigenvalue weighted by atomic mass is 16.6. The molecule has 19 heavy (non-hydrogen) atoms. The van der Waals surface area contributed by atoms with Crippen molar-refractivity contribution in [2.75, 3.05) is 5.73 Å². The van der Waals surface area contributed by atoms with E-state index in [1.165, 1.54) is 0 Å². The number of aliphatic hydroxyl groups is 2. The smallest absolute Gasteiger partial charge is 0.335 e. The number of nitrogens with zero attached hydrogens (tertiary/aromatic N) is 1. The third-order valence-electron chi connectivity index (χ3n) is 2.74. The van der Waals surface area contributed by atoms with Crippen LogP contribution in [0, 0.1) is 0 Å². The van der Waals surface area contributed by atoms with E-state index in [2.05, 4.69) is 0 Å². The highest BCUT2D eigenvalue weighted by molar-refractivity contribution is 5.73. The van der Waals surface area contributed by atoms with Crippen molar-refractivity contribution in [3.05, 3.63) is 26.9 Å². The van der Waals surface area contributed by atoms with Crippen molar-refractivity contribution >= 4 is 11.8 Å². The van der Waals surface area contributed by atoms with Gasteiger partial charge in [0, 0.05) is 6.07 Å². The predicted octanol–water partition coefficient (Wildman–Crippen LogP) is -3.18. The first-order valence-corrected chi connectivity index (χ1v) is 5.18. The lowest BCUT2D eigenvalue weighted by Crippen LogP contribution is -2.39. The number of carboxylic acids is 1. The second-order valence-electron chi connectivity index (χ2n) is 4.00. The van der Waals surface area contributed by atoms with Crippen LogP contribution in [0.4, 0.5) is 5.82 Å². The summed E-state index contributed by atoms with van der Waals surface area (Å²) >= 11 is 0. The first-order chi connectivity index (χ1) is 8.82. The maximum Gasteiger partial charge on any atom is 0.335 e. The van der Waals surface area contributed by atoms with Crippen molar-refractivity contribution in [2.24, 2.45) is 0 Å². The van der Waals surface area contributed by atoms with Gasteiger partial charge in [-0.3, -0.25) is 14.3 Å². The molecule has 1 aromatic rings. The third kappa shape index (κ3) is 2.12. The number of nitrogens with one attached hydrogen (secondary N) is 1. The van der Waals surface area contributed by atoms with Gasteiger partial charge in [0.15, 0.2) is 12.3 Å². The topological polar surface area (TPSA) is 168 Å². The molecule has 0 unspecified atom stereocenters. The molecule has 0 bridgehead atoms. The van der Waals surface area contributed by atoms with Gasteiger partial charge in [0.1, 0.15) is 18.0 Å². The van der Waals surface area contributed by atoms with Gasteiger partial charge in [-0.15, -0.1) is 0 Å². The Morgan fingerprint density at radius 2 is 2.00 bits per heavy atom. The fourth-order valence-corrected chi connectivity index (χ4v) is 1.86. The molecule has 1 aliphatic heterocycles. The summed E-state index contributed by atoms with van der Waals surface area (Å²) in [6.07, 6.45) is -6.59. The van der Waals surface area contributed by atoms with E-state index in [1.54, 1.807) is 0 Å². The third-order valence-corrected chi connectivity index (χ3v) is 2.74. The van der Waals surface area contributed by atoms with Crippen LogP contribution in [0.15, 0.2) is 15.7 Å². The molecule has 1 aliphatic rings. The lowest BCUT2D eigenvalue weighted by Gasteiger charge is -2.18. The number of rotatable bonds is 2. The molecule has 10 nitrogen and oxygen atoms in total. The maximum absolute atomic E-state index is 11.6. The van der Waals surface area contributed by atoms with E-state index in [0.717, 1.165) is 6.07 Å². The number of anilines is 1. The van der Waals surface area contributed by atoms with E-state index in [-0.39, 0.29) is 5.82 Å². The standard InChI is InChI=1S/C9H11N3O7/c10-2-1-3(13)11-9(18)12(2)7-5(15)4(14)6(19-7)8(16)17/h1,4-7,14-15H,10H2,(H,16,17)(H,11,13,18)/t4-,5+,6-,7+/m0/s1. The molecule has 4 atom stereocenters. The van der Waals surface area contributed by atoms with E-state index in [1.807, 2.05) is 4.98 Å². The van der Waals surface area contributed by atoms with Gasteiger partial charge in [-0.2, -0.15) is 0 Å². The minimum atomic E-state index is -1.72. The highest BCUT2D eigenvalue weighted by Crippen LogP contribution is 2.29. The van der Waals surface area contributed by atoms with Gasteiger partial charge >= 0.3 is 11.7 Å². The largest absolute Gasteiger partial charge is 0.479 e. The zero-order valence-corrected chi connectivity index (χ0v) is 9.39. The highest BCUT2D eigenvalue weighted by Gasteiger charge is 2.48. The van der Waals surface area contributed by atoms with Gasteiger partial charge in [-0.05, 0) is 0 Å². The summed E-state index contributed by atoms with van der Waals surface area (Å²) in [5, 5.41) is 28.0. The summed E-state index contributed by atoms with van der Waals surface area (Å²) in [5.74, 6) is -1.82. The summed E-state index contributed by atoms with van der Waals surface area (Å²) in [5.41, 5.74) is 3.73. The Morgan fingerprint density at radius 1 is 1.37 bits per heavy atom. The minimum absolute atomic E-state index is 0.323. The van der Waals surface area contributed by atoms with Gasteiger partial charge in [-0.25, -0.2) is 9.59 Å². The number of carbonyl (C=O) groups is 1. The molecule has 0 aliphatic carbocycles. The number of hydrogen-bond acceptors (Lipinski definition) is 7. The molecule has 0 amide bonds. The van der Waals surface area contributed by atoms with Gasteiger partial charge in [0.2, 0.25) is 0 Å². The predicted molar refractivity (Wildman–Crippen MR) is 59.3 cm³/mol. The molecule has 6 N–H and O–H groups in total. The average Bonchev–Trinajstić information content (AvgIpc) is 2.56. The van der Waals surface area contributed by atoms with Gasteiger partial charge in [0.05, 0.1) is 0 Å². The summed E-state index contributed by atoms with van der Waals surface area (Å²) in [6.45, 7) is 0. The summed E-state index contributed by atoms with van der Waals surface area (Å²) in [4.78, 5) is 35.3. The van der Waals surface area contributed by atoms with Gasteiger partial charge < -0.3 is 25.8 Å². The van der Waals surface area contributed by atoms with Crippen molar-refractivity contribution in [1.29, 1.82) is 0 Å². The van der Waals surface area contributed by atoms with Crippen LogP contribution in [0.3, 0.4) is 0 Å². The van der Waals surface area contributed by atoms with E-state index in [9.17, 15) is 24.6 Å². The fraction of sp³-hybridized carbons (Fsp3) is 0.444. The zero-order chi connectivity index (χ0) is 14.3. The fourth-order valence-electron chi connectivity index (χ4n) is 1.86. The number of H-pyrrole nitrogens is 1. The molecule has 1 fully saturated rings. The summed E-state index contributed by atoms with van der Waals surface area (Å²) in [7, 11) is 0. The van der Waals surface area contributed by atoms with E-state index >= 15 is 0 Å². The van der Waals surface area contributed by atoms with Crippen molar-refractivity contribution < 1.29 is 24.9 Å². The Morgan fingerprint density at radius 3 is 2.47 bits per heavy atom. The van der Waals surface area contributed by atoms with Crippen LogP contribution in [0.1, 0.15) is 6.23 Å². The van der Waals surface area contributed by atoms with Crippen molar-refractivity contribution in [3.63, 3.8) is 0 Å². The molecule has 10 heteroatoms.